The first-order valence-corrected chi connectivity index (χ1v) is 6.87. The Morgan fingerprint density at radius 1 is 1.27 bits per heavy atom. The fourth-order valence-corrected chi connectivity index (χ4v) is 1.50. The van der Waals surface area contributed by atoms with Gasteiger partial charge in [-0.05, 0) is 45.4 Å². The summed E-state index contributed by atoms with van der Waals surface area (Å²) >= 11 is 0. The average molecular weight is 304 g/mol. The van der Waals surface area contributed by atoms with E-state index in [1.165, 1.54) is 6.92 Å². The van der Waals surface area contributed by atoms with E-state index in [1.807, 2.05) is 6.07 Å². The highest BCUT2D eigenvalue weighted by Gasteiger charge is 2.16. The highest BCUT2D eigenvalue weighted by molar-refractivity contribution is 5.89. The topological polar surface area (TPSA) is 88.4 Å². The van der Waals surface area contributed by atoms with E-state index in [0.29, 0.717) is 12.1 Å². The molecule has 1 N–H and O–H groups in total. The summed E-state index contributed by atoms with van der Waals surface area (Å²) in [6.07, 6.45) is -1.29. The molecular weight excluding hydrogens is 284 g/mol. The van der Waals surface area contributed by atoms with Crippen molar-refractivity contribution in [1.29, 1.82) is 5.26 Å². The highest BCUT2D eigenvalue weighted by atomic mass is 16.6. The van der Waals surface area contributed by atoms with Crippen LogP contribution in [-0.2, 0) is 16.0 Å². The van der Waals surface area contributed by atoms with E-state index in [0.717, 1.165) is 5.56 Å². The van der Waals surface area contributed by atoms with Gasteiger partial charge >= 0.3 is 12.1 Å². The van der Waals surface area contributed by atoms with Crippen molar-refractivity contribution in [2.45, 2.75) is 45.9 Å². The van der Waals surface area contributed by atoms with Gasteiger partial charge in [0, 0.05) is 6.54 Å². The molecule has 0 heterocycles. The van der Waals surface area contributed by atoms with Crippen LogP contribution < -0.4 is 5.32 Å². The fourth-order valence-electron chi connectivity index (χ4n) is 1.50. The van der Waals surface area contributed by atoms with E-state index in [-0.39, 0.29) is 0 Å². The zero-order chi connectivity index (χ0) is 16.8. The summed E-state index contributed by atoms with van der Waals surface area (Å²) < 4.78 is 10.0. The molecule has 118 valence electrons. The van der Waals surface area contributed by atoms with Crippen molar-refractivity contribution in [2.24, 2.45) is 0 Å². The van der Waals surface area contributed by atoms with Crippen LogP contribution in [0.2, 0.25) is 0 Å². The molecule has 0 saturated heterocycles. The van der Waals surface area contributed by atoms with Gasteiger partial charge in [0.2, 0.25) is 0 Å². The zero-order valence-corrected chi connectivity index (χ0v) is 13.2. The summed E-state index contributed by atoms with van der Waals surface area (Å²) in [4.78, 5) is 23.2. The first kappa shape index (κ1) is 17.5. The Morgan fingerprint density at radius 3 is 2.36 bits per heavy atom. The molecule has 0 spiro atoms. The molecule has 0 aliphatic carbocycles. The Hall–Kier alpha value is -2.55. The Bertz CT molecular complexity index is 567. The second kappa shape index (κ2) is 7.46. The third kappa shape index (κ3) is 6.27. The van der Waals surface area contributed by atoms with Crippen molar-refractivity contribution < 1.29 is 19.1 Å². The average Bonchev–Trinajstić information content (AvgIpc) is 2.43. The number of hydrogen-bond acceptors (Lipinski definition) is 5. The number of benzene rings is 1. The van der Waals surface area contributed by atoms with Gasteiger partial charge in [-0.3, -0.25) is 0 Å². The zero-order valence-electron chi connectivity index (χ0n) is 13.2. The van der Waals surface area contributed by atoms with Crippen LogP contribution >= 0.6 is 0 Å². The molecule has 0 saturated carbocycles. The van der Waals surface area contributed by atoms with Crippen LogP contribution in [0.4, 0.5) is 4.79 Å². The Kier molecular flexibility index (Phi) is 5.93. The lowest BCUT2D eigenvalue weighted by atomic mass is 10.1. The fraction of sp³-hybridized carbons (Fsp3) is 0.438. The minimum absolute atomic E-state index is 0.291. The smallest absolute Gasteiger partial charge is 0.407 e. The quantitative estimate of drug-likeness (QED) is 0.864. The molecular formula is C16H20N2O4. The number of hydrogen-bond donors (Lipinski definition) is 1. The van der Waals surface area contributed by atoms with E-state index in [4.69, 9.17) is 14.7 Å². The maximum Gasteiger partial charge on any atom is 0.407 e. The molecule has 0 aliphatic rings. The van der Waals surface area contributed by atoms with E-state index >= 15 is 0 Å². The predicted molar refractivity (Wildman–Crippen MR) is 80.0 cm³/mol. The summed E-state index contributed by atoms with van der Waals surface area (Å²) in [6.45, 7) is 7.15. The second-order valence-corrected chi connectivity index (χ2v) is 5.73. The predicted octanol–water partition coefficient (Wildman–Crippen LogP) is 2.78. The summed E-state index contributed by atoms with van der Waals surface area (Å²) in [6, 6.07) is 8.39. The van der Waals surface area contributed by atoms with Gasteiger partial charge < -0.3 is 14.8 Å². The van der Waals surface area contributed by atoms with Gasteiger partial charge in [-0.25, -0.2) is 9.59 Å². The second-order valence-electron chi connectivity index (χ2n) is 5.73. The molecule has 22 heavy (non-hydrogen) atoms. The number of carbonyl (C=O) groups excluding carboxylic acids is 2. The molecule has 0 fully saturated rings. The van der Waals surface area contributed by atoms with Crippen molar-refractivity contribution in [3.63, 3.8) is 0 Å². The monoisotopic (exact) mass is 304 g/mol. The maximum atomic E-state index is 11.7. The number of nitrogens with zero attached hydrogens (tertiary/aromatic N) is 1. The van der Waals surface area contributed by atoms with Gasteiger partial charge in [-0.2, -0.15) is 5.26 Å². The molecule has 0 aromatic heterocycles. The molecule has 1 rings (SSSR count). The Morgan fingerprint density at radius 2 is 1.86 bits per heavy atom. The van der Waals surface area contributed by atoms with Gasteiger partial charge in [-0.15, -0.1) is 0 Å². The van der Waals surface area contributed by atoms with Gasteiger partial charge in [0.25, 0.3) is 0 Å². The third-order valence-electron chi connectivity index (χ3n) is 2.49. The lowest BCUT2D eigenvalue weighted by Crippen LogP contribution is -2.32. The summed E-state index contributed by atoms with van der Waals surface area (Å²) in [5.74, 6) is -0.555. The molecule has 1 atom stereocenters. The van der Waals surface area contributed by atoms with Crippen LogP contribution in [0.25, 0.3) is 0 Å². The first-order chi connectivity index (χ1) is 10.2. The van der Waals surface area contributed by atoms with Crippen molar-refractivity contribution in [3.05, 3.63) is 35.4 Å². The van der Waals surface area contributed by atoms with E-state index in [1.54, 1.807) is 45.0 Å². The van der Waals surface area contributed by atoms with E-state index in [9.17, 15) is 9.59 Å². The van der Waals surface area contributed by atoms with Crippen LogP contribution in [0.5, 0.6) is 0 Å². The summed E-state index contributed by atoms with van der Waals surface area (Å²) in [5.41, 5.74) is 0.619. The Labute approximate surface area is 130 Å². The van der Waals surface area contributed by atoms with Gasteiger partial charge in [0.1, 0.15) is 11.7 Å². The molecule has 1 unspecified atom stereocenters. The molecule has 0 radical (unpaired) electrons. The first-order valence-electron chi connectivity index (χ1n) is 6.87. The number of nitrogens with one attached hydrogen (secondary N) is 1. The number of carbonyl (C=O) groups is 2. The minimum Gasteiger partial charge on any atom is -0.444 e. The van der Waals surface area contributed by atoms with Crippen molar-refractivity contribution in [3.8, 4) is 6.07 Å². The molecule has 6 heteroatoms. The third-order valence-corrected chi connectivity index (χ3v) is 2.49. The highest BCUT2D eigenvalue weighted by Crippen LogP contribution is 2.09. The van der Waals surface area contributed by atoms with Gasteiger partial charge in [0.15, 0.2) is 6.10 Å². The molecule has 1 aromatic rings. The van der Waals surface area contributed by atoms with Crippen molar-refractivity contribution in [1.82, 2.24) is 5.32 Å². The van der Waals surface area contributed by atoms with Crippen LogP contribution in [0.1, 0.15) is 43.6 Å². The largest absolute Gasteiger partial charge is 0.444 e. The summed E-state index contributed by atoms with van der Waals surface area (Å²) in [5, 5.41) is 11.2. The number of alkyl carbamates (subject to hydrolysis) is 1. The molecule has 1 aromatic carbocycles. The van der Waals surface area contributed by atoms with Gasteiger partial charge in [0.05, 0.1) is 5.56 Å². The maximum absolute atomic E-state index is 11.7. The number of amides is 1. The SMILES string of the molecule is CC(C#N)OC(=O)c1ccc(CNC(=O)OC(C)(C)C)cc1. The number of rotatable bonds is 4. The molecule has 0 bridgehead atoms. The molecule has 6 nitrogen and oxygen atoms in total. The van der Waals surface area contributed by atoms with Crippen molar-refractivity contribution >= 4 is 12.1 Å². The number of nitriles is 1. The summed E-state index contributed by atoms with van der Waals surface area (Å²) in [7, 11) is 0. The Balaban J connectivity index is 2.54. The van der Waals surface area contributed by atoms with E-state index in [2.05, 4.69) is 5.32 Å². The van der Waals surface area contributed by atoms with Gasteiger partial charge in [-0.1, -0.05) is 12.1 Å². The van der Waals surface area contributed by atoms with Crippen LogP contribution in [0.15, 0.2) is 24.3 Å². The standard InChI is InChI=1S/C16H20N2O4/c1-11(9-17)21-14(19)13-7-5-12(6-8-13)10-18-15(20)22-16(2,3)4/h5-8,11H,10H2,1-4H3,(H,18,20). The van der Waals surface area contributed by atoms with Crippen LogP contribution in [0.3, 0.4) is 0 Å². The lowest BCUT2D eigenvalue weighted by molar-refractivity contribution is 0.0434. The number of ether oxygens (including phenoxy) is 2. The minimum atomic E-state index is -0.791. The van der Waals surface area contributed by atoms with Crippen LogP contribution in [0, 0.1) is 11.3 Å². The number of esters is 1. The lowest BCUT2D eigenvalue weighted by Gasteiger charge is -2.19. The van der Waals surface area contributed by atoms with E-state index < -0.39 is 23.8 Å². The van der Waals surface area contributed by atoms with Crippen molar-refractivity contribution in [2.75, 3.05) is 0 Å². The normalized spacial score (nSPS) is 12.0. The van der Waals surface area contributed by atoms with Crippen LogP contribution in [-0.4, -0.2) is 23.8 Å². The molecule has 1 amide bonds. The molecule has 0 aliphatic heterocycles.